The number of amides is 3. The van der Waals surface area contributed by atoms with Crippen molar-refractivity contribution in [3.63, 3.8) is 0 Å². The minimum absolute atomic E-state index is 0.0187. The van der Waals surface area contributed by atoms with Crippen molar-refractivity contribution in [3.8, 4) is 0 Å². The predicted octanol–water partition coefficient (Wildman–Crippen LogP) is 5.42. The summed E-state index contributed by atoms with van der Waals surface area (Å²) < 4.78 is -1.19. The summed E-state index contributed by atoms with van der Waals surface area (Å²) in [5.74, 6) is -0.372. The Morgan fingerprint density at radius 3 is 2.30 bits per heavy atom. The zero-order valence-corrected chi connectivity index (χ0v) is 26.6. The summed E-state index contributed by atoms with van der Waals surface area (Å²) in [5.41, 5.74) is 9.30. The number of carbonyl (C=O) groups is 3. The molecule has 0 radical (unpaired) electrons. The Kier molecular flexibility index (Phi) is 8.66. The van der Waals surface area contributed by atoms with E-state index in [0.717, 1.165) is 32.5 Å². The number of halogens is 2. The number of thioether (sulfide) groups is 1. The molecule has 2 aliphatic rings. The van der Waals surface area contributed by atoms with Crippen LogP contribution in [0.15, 0.2) is 77.8 Å². The highest BCUT2D eigenvalue weighted by Crippen LogP contribution is 2.55. The lowest BCUT2D eigenvalue weighted by Gasteiger charge is -2.42. The van der Waals surface area contributed by atoms with Crippen molar-refractivity contribution >= 4 is 63.6 Å². The average Bonchev–Trinajstić information content (AvgIpc) is 3.55. The summed E-state index contributed by atoms with van der Waals surface area (Å²) in [6.07, 6.45) is 1.92. The van der Waals surface area contributed by atoms with Crippen molar-refractivity contribution in [2.45, 2.75) is 35.6 Å². The summed E-state index contributed by atoms with van der Waals surface area (Å²) in [5, 5.41) is 2.10. The number of aryl methyl sites for hydroxylation is 1. The second-order valence-electron chi connectivity index (χ2n) is 11.3. The Labute approximate surface area is 270 Å². The minimum atomic E-state index is -1.19. The smallest absolute Gasteiger partial charge is 0.242 e. The monoisotopic (exact) mass is 649 g/mol. The molecule has 0 spiro atoms. The SMILES string of the molecule is Cc1ccc(SC2(C(=O)N3CCN(C(=O)CN)CC3)CC(=O)N(Cc3ccc(Cl)cc3)C2c2c[nH]c3cc(Cl)ccc23)cc1. The molecule has 2 atom stereocenters. The van der Waals surface area contributed by atoms with E-state index in [1.54, 1.807) is 9.80 Å². The maximum Gasteiger partial charge on any atom is 0.242 e. The van der Waals surface area contributed by atoms with Crippen LogP contribution in [-0.2, 0) is 20.9 Å². The highest BCUT2D eigenvalue weighted by atomic mass is 35.5. The van der Waals surface area contributed by atoms with E-state index in [1.807, 2.05) is 84.8 Å². The Morgan fingerprint density at radius 2 is 1.61 bits per heavy atom. The standard InChI is InChI=1S/C33H33Cl2N5O3S/c1-21-2-9-25(10-3-21)44-33(32(43)39-14-12-38(13-15-39)30(42)18-36)17-29(41)40(20-22-4-6-23(34)7-5-22)31(33)27-19-37-28-16-24(35)8-11-26(27)28/h2-11,16,19,31,37H,12-15,17-18,20,36H2,1H3. The van der Waals surface area contributed by atoms with Gasteiger partial charge in [-0.1, -0.05) is 59.1 Å². The van der Waals surface area contributed by atoms with Crippen molar-refractivity contribution in [1.82, 2.24) is 19.7 Å². The molecule has 3 amide bonds. The van der Waals surface area contributed by atoms with Crippen LogP contribution in [0.5, 0.6) is 0 Å². The molecule has 2 unspecified atom stereocenters. The number of aromatic amines is 1. The van der Waals surface area contributed by atoms with Gasteiger partial charge in [0.1, 0.15) is 4.75 Å². The number of aromatic nitrogens is 1. The summed E-state index contributed by atoms with van der Waals surface area (Å²) in [4.78, 5) is 51.0. The van der Waals surface area contributed by atoms with Gasteiger partial charge in [0, 0.05) is 70.3 Å². The minimum Gasteiger partial charge on any atom is -0.361 e. The first kappa shape index (κ1) is 30.5. The van der Waals surface area contributed by atoms with E-state index in [2.05, 4.69) is 4.98 Å². The highest BCUT2D eigenvalue weighted by molar-refractivity contribution is 8.01. The Morgan fingerprint density at radius 1 is 0.955 bits per heavy atom. The molecule has 1 aromatic heterocycles. The van der Waals surface area contributed by atoms with Crippen molar-refractivity contribution in [3.05, 3.63) is 99.7 Å². The third kappa shape index (κ3) is 5.81. The molecule has 8 nitrogen and oxygen atoms in total. The predicted molar refractivity (Wildman–Crippen MR) is 175 cm³/mol. The lowest BCUT2D eigenvalue weighted by atomic mass is 9.90. The lowest BCUT2D eigenvalue weighted by molar-refractivity contribution is -0.141. The first-order valence-electron chi connectivity index (χ1n) is 14.5. The number of piperazine rings is 1. The first-order chi connectivity index (χ1) is 21.2. The number of benzene rings is 3. The molecule has 0 aliphatic carbocycles. The Bertz CT molecular complexity index is 1700. The second-order valence-corrected chi connectivity index (χ2v) is 13.6. The van der Waals surface area contributed by atoms with Gasteiger partial charge in [0.05, 0.1) is 19.0 Å². The van der Waals surface area contributed by atoms with Gasteiger partial charge >= 0.3 is 0 Å². The van der Waals surface area contributed by atoms with Crippen LogP contribution < -0.4 is 5.73 Å². The summed E-state index contributed by atoms with van der Waals surface area (Å²) in [6.45, 7) is 3.78. The number of rotatable bonds is 7. The van der Waals surface area contributed by atoms with Gasteiger partial charge in [-0.05, 0) is 48.9 Å². The Hall–Kier alpha value is -3.50. The van der Waals surface area contributed by atoms with Crippen LogP contribution in [0, 0.1) is 6.92 Å². The fourth-order valence-corrected chi connectivity index (χ4v) is 8.02. The topological polar surface area (TPSA) is 103 Å². The number of hydrogen-bond acceptors (Lipinski definition) is 5. The van der Waals surface area contributed by atoms with Gasteiger partial charge in [0.25, 0.3) is 0 Å². The van der Waals surface area contributed by atoms with Gasteiger partial charge in [-0.25, -0.2) is 0 Å². The van der Waals surface area contributed by atoms with E-state index in [1.165, 1.54) is 11.8 Å². The van der Waals surface area contributed by atoms with Gasteiger partial charge in [-0.3, -0.25) is 14.4 Å². The van der Waals surface area contributed by atoms with Crippen LogP contribution in [0.4, 0.5) is 0 Å². The number of hydrogen-bond donors (Lipinski definition) is 2. The number of H-pyrrole nitrogens is 1. The molecule has 228 valence electrons. The zero-order valence-electron chi connectivity index (χ0n) is 24.3. The maximum absolute atomic E-state index is 15.0. The number of nitrogens with zero attached hydrogens (tertiary/aromatic N) is 3. The molecule has 44 heavy (non-hydrogen) atoms. The van der Waals surface area contributed by atoms with E-state index >= 15 is 0 Å². The van der Waals surface area contributed by atoms with E-state index in [4.69, 9.17) is 28.9 Å². The molecule has 3 aromatic carbocycles. The number of carbonyl (C=O) groups excluding carboxylic acids is 3. The first-order valence-corrected chi connectivity index (χ1v) is 16.1. The molecule has 6 rings (SSSR count). The third-order valence-corrected chi connectivity index (χ3v) is 10.4. The lowest BCUT2D eigenvalue weighted by Crippen LogP contribution is -2.57. The van der Waals surface area contributed by atoms with Gasteiger partial charge in [-0.2, -0.15) is 0 Å². The van der Waals surface area contributed by atoms with Crippen molar-refractivity contribution in [2.75, 3.05) is 32.7 Å². The highest BCUT2D eigenvalue weighted by Gasteiger charge is 2.59. The van der Waals surface area contributed by atoms with Crippen molar-refractivity contribution in [2.24, 2.45) is 5.73 Å². The fourth-order valence-electron chi connectivity index (χ4n) is 6.25. The average molecular weight is 651 g/mol. The van der Waals surface area contributed by atoms with Crippen LogP contribution >= 0.6 is 35.0 Å². The molecule has 3 heterocycles. The molecule has 3 N–H and O–H groups in total. The fraction of sp³-hybridized carbons (Fsp3) is 0.303. The molecular formula is C33H33Cl2N5O3S. The van der Waals surface area contributed by atoms with Crippen LogP contribution in [0.2, 0.25) is 10.0 Å². The van der Waals surface area contributed by atoms with Crippen molar-refractivity contribution in [1.29, 1.82) is 0 Å². The molecule has 4 aromatic rings. The molecule has 2 saturated heterocycles. The van der Waals surface area contributed by atoms with Crippen LogP contribution in [-0.4, -0.2) is 74.9 Å². The van der Waals surface area contributed by atoms with Gasteiger partial charge < -0.3 is 25.4 Å². The van der Waals surface area contributed by atoms with E-state index in [0.29, 0.717) is 42.8 Å². The normalized spacial score (nSPS) is 20.5. The van der Waals surface area contributed by atoms with E-state index < -0.39 is 10.8 Å². The third-order valence-electron chi connectivity index (χ3n) is 8.50. The van der Waals surface area contributed by atoms with Crippen molar-refractivity contribution < 1.29 is 14.4 Å². The van der Waals surface area contributed by atoms with Crippen LogP contribution in [0.25, 0.3) is 10.9 Å². The van der Waals surface area contributed by atoms with Gasteiger partial charge in [-0.15, -0.1) is 11.8 Å². The molecule has 0 bridgehead atoms. The molecule has 2 aliphatic heterocycles. The summed E-state index contributed by atoms with van der Waals surface area (Å²) >= 11 is 14.0. The van der Waals surface area contributed by atoms with E-state index in [9.17, 15) is 14.4 Å². The zero-order chi connectivity index (χ0) is 31.0. The quantitative estimate of drug-likeness (QED) is 0.278. The van der Waals surface area contributed by atoms with Gasteiger partial charge in [0.15, 0.2) is 0 Å². The molecule has 2 fully saturated rings. The summed E-state index contributed by atoms with van der Waals surface area (Å²) in [7, 11) is 0. The number of nitrogens with two attached hydrogens (primary N) is 1. The molecule has 0 saturated carbocycles. The summed E-state index contributed by atoms with van der Waals surface area (Å²) in [6, 6.07) is 20.5. The molecular weight excluding hydrogens is 617 g/mol. The van der Waals surface area contributed by atoms with Crippen LogP contribution in [0.1, 0.15) is 29.2 Å². The Balaban J connectivity index is 1.48. The van der Waals surface area contributed by atoms with E-state index in [-0.39, 0.29) is 30.7 Å². The maximum atomic E-state index is 15.0. The number of nitrogens with one attached hydrogen (secondary N) is 1. The number of fused-ring (bicyclic) bond motifs is 1. The van der Waals surface area contributed by atoms with Gasteiger partial charge in [0.2, 0.25) is 17.7 Å². The largest absolute Gasteiger partial charge is 0.361 e. The second kappa shape index (κ2) is 12.5. The molecule has 11 heteroatoms. The number of likely N-dealkylation sites (tertiary alicyclic amines) is 1. The van der Waals surface area contributed by atoms with Crippen LogP contribution in [0.3, 0.4) is 0 Å².